The third-order valence-electron chi connectivity index (χ3n) is 5.56. The van der Waals surface area contributed by atoms with Crippen LogP contribution in [0.1, 0.15) is 37.9 Å². The number of para-hydroxylation sites is 1. The molecule has 3 amide bonds. The number of carbonyl (C=O) groups is 3. The van der Waals surface area contributed by atoms with Gasteiger partial charge in [-0.15, -0.1) is 0 Å². The fourth-order valence-electron chi connectivity index (χ4n) is 4.00. The number of hydrogen-bond donors (Lipinski definition) is 1. The van der Waals surface area contributed by atoms with Gasteiger partial charge >= 0.3 is 12.0 Å². The topological polar surface area (TPSA) is 111 Å². The number of esters is 1. The molecule has 1 aromatic heterocycles. The van der Waals surface area contributed by atoms with Crippen molar-refractivity contribution in [2.24, 2.45) is 0 Å². The molecule has 1 aliphatic carbocycles. The average Bonchev–Trinajstić information content (AvgIpc) is 3.32. The van der Waals surface area contributed by atoms with Crippen LogP contribution in [0.25, 0.3) is 11.3 Å². The number of nitrogens with one attached hydrogen (secondary N) is 1. The van der Waals surface area contributed by atoms with Gasteiger partial charge in [-0.25, -0.2) is 4.79 Å². The molecule has 158 valence electrons. The molecule has 1 spiro atoms. The van der Waals surface area contributed by atoms with Crippen LogP contribution in [-0.4, -0.2) is 47.2 Å². The fourth-order valence-corrected chi connectivity index (χ4v) is 4.00. The van der Waals surface area contributed by atoms with Crippen LogP contribution in [0.4, 0.5) is 4.79 Å². The SMILES string of the molecule is COc1ccccc1-c1cc(COC(=O)CN2C(=O)NC3(CCCCC3)C2=O)on1. The minimum Gasteiger partial charge on any atom is -0.496 e. The Kier molecular flexibility index (Phi) is 5.43. The molecule has 2 aromatic rings. The third-order valence-corrected chi connectivity index (χ3v) is 5.56. The van der Waals surface area contributed by atoms with Crippen molar-refractivity contribution in [3.63, 3.8) is 0 Å². The molecule has 0 radical (unpaired) electrons. The van der Waals surface area contributed by atoms with Crippen molar-refractivity contribution in [2.75, 3.05) is 13.7 Å². The zero-order valence-electron chi connectivity index (χ0n) is 16.7. The first-order valence-electron chi connectivity index (χ1n) is 9.91. The van der Waals surface area contributed by atoms with Crippen LogP contribution in [0.5, 0.6) is 5.75 Å². The van der Waals surface area contributed by atoms with E-state index in [1.807, 2.05) is 18.2 Å². The molecule has 1 saturated heterocycles. The summed E-state index contributed by atoms with van der Waals surface area (Å²) in [5.41, 5.74) is 0.440. The minimum atomic E-state index is -0.857. The van der Waals surface area contributed by atoms with Gasteiger partial charge in [0.05, 0.1) is 7.11 Å². The molecule has 1 N–H and O–H groups in total. The quantitative estimate of drug-likeness (QED) is 0.572. The molecule has 1 aromatic carbocycles. The lowest BCUT2D eigenvalue weighted by Gasteiger charge is -2.30. The lowest BCUT2D eigenvalue weighted by molar-refractivity contribution is -0.149. The molecule has 2 heterocycles. The van der Waals surface area contributed by atoms with E-state index in [4.69, 9.17) is 14.0 Å². The third kappa shape index (κ3) is 3.74. The Balaban J connectivity index is 1.35. The standard InChI is InChI=1S/C21H23N3O6/c1-28-17-8-4-3-7-15(17)16-11-14(30-23-16)13-29-18(25)12-24-19(26)21(22-20(24)27)9-5-2-6-10-21/h3-4,7-8,11H,2,5-6,9-10,12-13H2,1H3,(H,22,27). The van der Waals surface area contributed by atoms with Gasteiger partial charge < -0.3 is 19.3 Å². The zero-order valence-corrected chi connectivity index (χ0v) is 16.7. The van der Waals surface area contributed by atoms with E-state index in [0.29, 0.717) is 30.0 Å². The molecule has 1 saturated carbocycles. The molecule has 0 unspecified atom stereocenters. The first-order chi connectivity index (χ1) is 14.5. The van der Waals surface area contributed by atoms with Crippen molar-refractivity contribution >= 4 is 17.9 Å². The first kappa shape index (κ1) is 19.9. The molecular formula is C21H23N3O6. The van der Waals surface area contributed by atoms with Crippen LogP contribution in [0.2, 0.25) is 0 Å². The normalized spacial score (nSPS) is 17.8. The predicted molar refractivity (Wildman–Crippen MR) is 104 cm³/mol. The lowest BCUT2D eigenvalue weighted by atomic mass is 9.82. The molecule has 2 fully saturated rings. The van der Waals surface area contributed by atoms with Crippen LogP contribution in [0, 0.1) is 0 Å². The Bertz CT molecular complexity index is 963. The maximum absolute atomic E-state index is 12.7. The first-order valence-corrected chi connectivity index (χ1v) is 9.91. The second-order valence-corrected chi connectivity index (χ2v) is 7.50. The molecule has 0 atom stereocenters. The average molecular weight is 413 g/mol. The number of nitrogens with zero attached hydrogens (tertiary/aromatic N) is 2. The van der Waals surface area contributed by atoms with E-state index in [9.17, 15) is 14.4 Å². The molecule has 4 rings (SSSR count). The van der Waals surface area contributed by atoms with Gasteiger partial charge in [-0.2, -0.15) is 0 Å². The van der Waals surface area contributed by atoms with Gasteiger partial charge in [-0.1, -0.05) is 36.6 Å². The fraction of sp³-hybridized carbons (Fsp3) is 0.429. The summed E-state index contributed by atoms with van der Waals surface area (Å²) in [6.07, 6.45) is 4.01. The van der Waals surface area contributed by atoms with E-state index in [1.165, 1.54) is 0 Å². The summed E-state index contributed by atoms with van der Waals surface area (Å²) in [4.78, 5) is 38.1. The van der Waals surface area contributed by atoms with Crippen LogP contribution in [-0.2, 0) is 20.9 Å². The van der Waals surface area contributed by atoms with E-state index in [1.54, 1.807) is 19.2 Å². The molecule has 9 nitrogen and oxygen atoms in total. The van der Waals surface area contributed by atoms with Crippen LogP contribution in [0.15, 0.2) is 34.9 Å². The second-order valence-electron chi connectivity index (χ2n) is 7.50. The highest BCUT2D eigenvalue weighted by molar-refractivity contribution is 6.08. The van der Waals surface area contributed by atoms with E-state index in [0.717, 1.165) is 29.7 Å². The van der Waals surface area contributed by atoms with Crippen LogP contribution in [0.3, 0.4) is 0 Å². The summed E-state index contributed by atoms with van der Waals surface area (Å²) >= 11 is 0. The summed E-state index contributed by atoms with van der Waals surface area (Å²) in [6, 6.07) is 8.45. The molecule has 1 aliphatic heterocycles. The van der Waals surface area contributed by atoms with Crippen molar-refractivity contribution in [1.29, 1.82) is 0 Å². The number of imide groups is 1. The van der Waals surface area contributed by atoms with E-state index in [-0.39, 0.29) is 12.5 Å². The zero-order chi connectivity index (χ0) is 21.1. The predicted octanol–water partition coefficient (Wildman–Crippen LogP) is 2.65. The smallest absolute Gasteiger partial charge is 0.326 e. The summed E-state index contributed by atoms with van der Waals surface area (Å²) in [6.45, 7) is -0.588. The highest BCUT2D eigenvalue weighted by atomic mass is 16.6. The highest BCUT2D eigenvalue weighted by Gasteiger charge is 2.51. The van der Waals surface area contributed by atoms with E-state index < -0.39 is 24.1 Å². The molecule has 30 heavy (non-hydrogen) atoms. The maximum Gasteiger partial charge on any atom is 0.326 e. The van der Waals surface area contributed by atoms with Crippen molar-refractivity contribution in [3.05, 3.63) is 36.1 Å². The number of amides is 3. The number of rotatable bonds is 6. The molecular weight excluding hydrogens is 390 g/mol. The van der Waals surface area contributed by atoms with Gasteiger partial charge in [0.25, 0.3) is 5.91 Å². The Morgan fingerprint density at radius 3 is 2.77 bits per heavy atom. The van der Waals surface area contributed by atoms with Gasteiger partial charge in [0, 0.05) is 11.6 Å². The van der Waals surface area contributed by atoms with Crippen molar-refractivity contribution in [2.45, 2.75) is 44.2 Å². The largest absolute Gasteiger partial charge is 0.496 e. The molecule has 0 bridgehead atoms. The minimum absolute atomic E-state index is 0.157. The van der Waals surface area contributed by atoms with Crippen molar-refractivity contribution in [3.8, 4) is 17.0 Å². The van der Waals surface area contributed by atoms with Crippen molar-refractivity contribution < 1.29 is 28.4 Å². The summed E-state index contributed by atoms with van der Waals surface area (Å²) < 4.78 is 15.7. The molecule has 2 aliphatic rings. The number of aromatic nitrogens is 1. The second kappa shape index (κ2) is 8.17. The lowest BCUT2D eigenvalue weighted by Crippen LogP contribution is -2.48. The number of hydrogen-bond acceptors (Lipinski definition) is 7. The van der Waals surface area contributed by atoms with Gasteiger partial charge in [0.15, 0.2) is 12.4 Å². The number of urea groups is 1. The van der Waals surface area contributed by atoms with Crippen LogP contribution < -0.4 is 10.1 Å². The Labute approximate surface area is 173 Å². The Morgan fingerprint density at radius 1 is 1.23 bits per heavy atom. The number of methoxy groups -OCH3 is 1. The maximum atomic E-state index is 12.7. The van der Waals surface area contributed by atoms with Gasteiger partial charge in [0.1, 0.15) is 23.5 Å². The highest BCUT2D eigenvalue weighted by Crippen LogP contribution is 2.33. The number of carbonyl (C=O) groups excluding carboxylic acids is 3. The summed E-state index contributed by atoms with van der Waals surface area (Å²) in [5, 5.41) is 6.75. The summed E-state index contributed by atoms with van der Waals surface area (Å²) in [5.74, 6) is -0.0568. The van der Waals surface area contributed by atoms with Gasteiger partial charge in [-0.05, 0) is 25.0 Å². The Hall–Kier alpha value is -3.36. The van der Waals surface area contributed by atoms with Gasteiger partial charge in [-0.3, -0.25) is 14.5 Å². The van der Waals surface area contributed by atoms with Crippen molar-refractivity contribution in [1.82, 2.24) is 15.4 Å². The van der Waals surface area contributed by atoms with E-state index in [2.05, 4.69) is 10.5 Å². The number of benzene rings is 1. The van der Waals surface area contributed by atoms with Gasteiger partial charge in [0.2, 0.25) is 0 Å². The number of ether oxygens (including phenoxy) is 2. The Morgan fingerprint density at radius 2 is 2.00 bits per heavy atom. The van der Waals surface area contributed by atoms with Crippen LogP contribution >= 0.6 is 0 Å². The van der Waals surface area contributed by atoms with E-state index >= 15 is 0 Å². The molecule has 9 heteroatoms. The monoisotopic (exact) mass is 413 g/mol. The summed E-state index contributed by atoms with van der Waals surface area (Å²) in [7, 11) is 1.56.